The summed E-state index contributed by atoms with van der Waals surface area (Å²) in [6, 6.07) is 0. The van der Waals surface area contributed by atoms with Crippen molar-refractivity contribution < 1.29 is 28.6 Å². The lowest BCUT2D eigenvalue weighted by Gasteiger charge is -2.18. The maximum atomic E-state index is 12.8. The van der Waals surface area contributed by atoms with Gasteiger partial charge >= 0.3 is 17.9 Å². The van der Waals surface area contributed by atoms with Gasteiger partial charge in [0.25, 0.3) is 0 Å². The molecule has 67 heavy (non-hydrogen) atoms. The molecular formula is C61H112O6. The standard InChI is InChI=1S/C61H112O6/c1-4-7-10-13-16-19-22-25-28-29-30-31-34-36-39-42-45-48-51-54-60(63)66-57-58(67-61(64)55-52-49-46-43-40-37-33-27-24-21-18-15-12-9-6-3)56-65-59(62)53-50-47-44-41-38-35-32-26-23-20-17-14-11-8-5-2/h17,20,26,32,38,41,58H,4-16,18-19,21-25,27-31,33-37,39-40,42-57H2,1-3H3/b20-17-,32-26-,41-38-/t58-/m1/s1. The molecule has 0 bridgehead atoms. The van der Waals surface area contributed by atoms with Crippen molar-refractivity contribution >= 4 is 17.9 Å². The number of hydrogen-bond acceptors (Lipinski definition) is 6. The molecule has 0 rings (SSSR count). The maximum Gasteiger partial charge on any atom is 0.306 e. The Morgan fingerprint density at radius 1 is 0.299 bits per heavy atom. The van der Waals surface area contributed by atoms with Crippen LogP contribution in [-0.4, -0.2) is 37.2 Å². The van der Waals surface area contributed by atoms with Crippen LogP contribution in [0.5, 0.6) is 0 Å². The molecule has 0 saturated heterocycles. The van der Waals surface area contributed by atoms with Gasteiger partial charge in [0.2, 0.25) is 0 Å². The quantitative estimate of drug-likeness (QED) is 0.0262. The molecule has 392 valence electrons. The minimum atomic E-state index is -0.783. The second-order valence-corrected chi connectivity index (χ2v) is 19.9. The van der Waals surface area contributed by atoms with Crippen LogP contribution >= 0.6 is 0 Å². The summed E-state index contributed by atoms with van der Waals surface area (Å²) in [4.78, 5) is 38.1. The molecule has 0 amide bonds. The van der Waals surface area contributed by atoms with Crippen LogP contribution in [-0.2, 0) is 28.6 Å². The van der Waals surface area contributed by atoms with Gasteiger partial charge in [0.1, 0.15) is 13.2 Å². The average Bonchev–Trinajstić information content (AvgIpc) is 3.33. The van der Waals surface area contributed by atoms with Crippen LogP contribution < -0.4 is 0 Å². The fraction of sp³-hybridized carbons (Fsp3) is 0.852. The molecule has 0 fully saturated rings. The maximum absolute atomic E-state index is 12.8. The fourth-order valence-corrected chi connectivity index (χ4v) is 8.69. The normalized spacial score (nSPS) is 12.2. The number of allylic oxidation sites excluding steroid dienone is 6. The third-order valence-electron chi connectivity index (χ3n) is 13.1. The third kappa shape index (κ3) is 54.4. The van der Waals surface area contributed by atoms with Crippen LogP contribution in [0, 0.1) is 0 Å². The van der Waals surface area contributed by atoms with Crippen molar-refractivity contribution in [3.05, 3.63) is 36.5 Å². The van der Waals surface area contributed by atoms with E-state index in [4.69, 9.17) is 14.2 Å². The van der Waals surface area contributed by atoms with Crippen LogP contribution in [0.1, 0.15) is 316 Å². The molecule has 0 aromatic heterocycles. The predicted octanol–water partition coefficient (Wildman–Crippen LogP) is 19.7. The van der Waals surface area contributed by atoms with Gasteiger partial charge in [0.05, 0.1) is 0 Å². The summed E-state index contributed by atoms with van der Waals surface area (Å²) >= 11 is 0. The Kier molecular flexibility index (Phi) is 54.2. The molecule has 0 radical (unpaired) electrons. The molecule has 0 aromatic rings. The van der Waals surface area contributed by atoms with Crippen molar-refractivity contribution in [1.29, 1.82) is 0 Å². The molecule has 6 heteroatoms. The summed E-state index contributed by atoms with van der Waals surface area (Å²) in [5, 5.41) is 0. The van der Waals surface area contributed by atoms with Gasteiger partial charge < -0.3 is 14.2 Å². The fourth-order valence-electron chi connectivity index (χ4n) is 8.69. The minimum absolute atomic E-state index is 0.0790. The summed E-state index contributed by atoms with van der Waals surface area (Å²) < 4.78 is 16.9. The van der Waals surface area contributed by atoms with E-state index in [2.05, 4.69) is 57.2 Å². The van der Waals surface area contributed by atoms with Crippen LogP contribution in [0.4, 0.5) is 0 Å². The Bertz CT molecular complexity index is 1130. The number of hydrogen-bond donors (Lipinski definition) is 0. The Morgan fingerprint density at radius 2 is 0.537 bits per heavy atom. The van der Waals surface area contributed by atoms with Crippen molar-refractivity contribution in [3.8, 4) is 0 Å². The van der Waals surface area contributed by atoms with E-state index in [-0.39, 0.29) is 31.1 Å². The Morgan fingerprint density at radius 3 is 0.866 bits per heavy atom. The van der Waals surface area contributed by atoms with Gasteiger partial charge in [0.15, 0.2) is 6.10 Å². The molecule has 0 aromatic carbocycles. The van der Waals surface area contributed by atoms with Gasteiger partial charge in [-0.1, -0.05) is 276 Å². The highest BCUT2D eigenvalue weighted by atomic mass is 16.6. The summed E-state index contributed by atoms with van der Waals surface area (Å²) in [5.41, 5.74) is 0. The van der Waals surface area contributed by atoms with E-state index >= 15 is 0 Å². The van der Waals surface area contributed by atoms with Crippen molar-refractivity contribution in [2.45, 2.75) is 322 Å². The van der Waals surface area contributed by atoms with Crippen molar-refractivity contribution in [1.82, 2.24) is 0 Å². The molecule has 0 aliphatic heterocycles. The molecule has 0 saturated carbocycles. The van der Waals surface area contributed by atoms with E-state index in [1.165, 1.54) is 205 Å². The Balaban J connectivity index is 4.35. The number of carbonyl (C=O) groups excluding carboxylic acids is 3. The first-order valence-corrected chi connectivity index (χ1v) is 29.5. The lowest BCUT2D eigenvalue weighted by atomic mass is 10.0. The molecule has 0 unspecified atom stereocenters. The molecule has 0 spiro atoms. The zero-order valence-corrected chi connectivity index (χ0v) is 44.9. The zero-order chi connectivity index (χ0) is 48.6. The highest BCUT2D eigenvalue weighted by molar-refractivity contribution is 5.71. The van der Waals surface area contributed by atoms with Crippen molar-refractivity contribution in [2.24, 2.45) is 0 Å². The van der Waals surface area contributed by atoms with E-state index in [1.54, 1.807) is 0 Å². The van der Waals surface area contributed by atoms with Crippen LogP contribution in [0.2, 0.25) is 0 Å². The first-order chi connectivity index (χ1) is 33.0. The molecule has 0 N–H and O–H groups in total. The van der Waals surface area contributed by atoms with Gasteiger partial charge in [0, 0.05) is 19.3 Å². The SMILES string of the molecule is CCCCC/C=C\C/C=C\C/C=C\CCCCC(=O)OC[C@H](COC(=O)CCCCCCCCCCCCCCCCCCCCC)OC(=O)CCCCCCCCCCCCCCCCC. The van der Waals surface area contributed by atoms with Crippen LogP contribution in [0.25, 0.3) is 0 Å². The minimum Gasteiger partial charge on any atom is -0.462 e. The van der Waals surface area contributed by atoms with E-state index in [0.29, 0.717) is 19.3 Å². The van der Waals surface area contributed by atoms with Gasteiger partial charge in [-0.2, -0.15) is 0 Å². The zero-order valence-electron chi connectivity index (χ0n) is 44.9. The molecule has 6 nitrogen and oxygen atoms in total. The second kappa shape index (κ2) is 56.2. The van der Waals surface area contributed by atoms with E-state index in [0.717, 1.165) is 70.6 Å². The summed E-state index contributed by atoms with van der Waals surface area (Å²) in [5.74, 6) is -0.899. The highest BCUT2D eigenvalue weighted by Crippen LogP contribution is 2.17. The van der Waals surface area contributed by atoms with E-state index in [1.807, 2.05) is 0 Å². The lowest BCUT2D eigenvalue weighted by Crippen LogP contribution is -2.30. The van der Waals surface area contributed by atoms with Crippen LogP contribution in [0.15, 0.2) is 36.5 Å². The average molecular weight is 942 g/mol. The molecular weight excluding hydrogens is 829 g/mol. The first kappa shape index (κ1) is 64.6. The molecule has 0 heterocycles. The molecule has 1 atom stereocenters. The largest absolute Gasteiger partial charge is 0.462 e. The smallest absolute Gasteiger partial charge is 0.306 e. The van der Waals surface area contributed by atoms with E-state index in [9.17, 15) is 14.4 Å². The van der Waals surface area contributed by atoms with Gasteiger partial charge in [-0.25, -0.2) is 0 Å². The Hall–Kier alpha value is -2.37. The number of ether oxygens (including phenoxy) is 3. The highest BCUT2D eigenvalue weighted by Gasteiger charge is 2.19. The number of esters is 3. The Labute approximate surface area is 416 Å². The summed E-state index contributed by atoms with van der Waals surface area (Å²) in [7, 11) is 0. The van der Waals surface area contributed by atoms with Crippen LogP contribution in [0.3, 0.4) is 0 Å². The predicted molar refractivity (Wildman–Crippen MR) is 289 cm³/mol. The van der Waals surface area contributed by atoms with Gasteiger partial charge in [-0.05, 0) is 57.8 Å². The van der Waals surface area contributed by atoms with Gasteiger partial charge in [-0.3, -0.25) is 14.4 Å². The second-order valence-electron chi connectivity index (χ2n) is 19.9. The molecule has 0 aliphatic rings. The van der Waals surface area contributed by atoms with E-state index < -0.39 is 6.10 Å². The topological polar surface area (TPSA) is 78.9 Å². The third-order valence-corrected chi connectivity index (χ3v) is 13.1. The summed E-state index contributed by atoms with van der Waals surface area (Å²) in [6.45, 7) is 6.63. The van der Waals surface area contributed by atoms with Gasteiger partial charge in [-0.15, -0.1) is 0 Å². The lowest BCUT2D eigenvalue weighted by molar-refractivity contribution is -0.167. The molecule has 0 aliphatic carbocycles. The van der Waals surface area contributed by atoms with Crippen molar-refractivity contribution in [3.63, 3.8) is 0 Å². The summed E-state index contributed by atoms with van der Waals surface area (Å²) in [6.07, 6.45) is 67.1. The monoisotopic (exact) mass is 941 g/mol. The number of rotatable bonds is 54. The first-order valence-electron chi connectivity index (χ1n) is 29.5. The number of unbranched alkanes of at least 4 members (excludes halogenated alkanes) is 37. The number of carbonyl (C=O) groups is 3. The van der Waals surface area contributed by atoms with Crippen molar-refractivity contribution in [2.75, 3.05) is 13.2 Å².